The normalized spacial score (nSPS) is 16.2. The van der Waals surface area contributed by atoms with E-state index in [0.29, 0.717) is 6.42 Å². The van der Waals surface area contributed by atoms with Gasteiger partial charge in [-0.25, -0.2) is 4.98 Å². The van der Waals surface area contributed by atoms with Crippen LogP contribution in [0.25, 0.3) is 10.2 Å². The van der Waals surface area contributed by atoms with Gasteiger partial charge in [-0.2, -0.15) is 0 Å². The number of fused-ring (bicyclic) bond motifs is 1. The van der Waals surface area contributed by atoms with Gasteiger partial charge >= 0.3 is 0 Å². The smallest absolute Gasteiger partial charge is 0.219 e. The molecule has 1 unspecified atom stereocenters. The van der Waals surface area contributed by atoms with Crippen molar-refractivity contribution in [3.05, 3.63) is 29.3 Å². The standard InChI is InChI=1S/C18H25N3OS.2ClH/c22-17(20-12-10-14-9-11-19-13-14)7-3-4-8-18-21-15-5-1-2-6-16(15)23-18;;/h1-2,5-6,14,19H,3-4,7-13H2,(H,20,22);2*1H. The number of aryl methyl sites for hydroxylation is 1. The third kappa shape index (κ3) is 7.10. The molecular formula is C18H27Cl2N3OS. The Morgan fingerprint density at radius 2 is 2.12 bits per heavy atom. The number of aromatic nitrogens is 1. The summed E-state index contributed by atoms with van der Waals surface area (Å²) in [6, 6.07) is 8.25. The van der Waals surface area contributed by atoms with Crippen molar-refractivity contribution >= 4 is 52.3 Å². The number of amides is 1. The second-order valence-corrected chi connectivity index (χ2v) is 7.40. The molecule has 0 aliphatic carbocycles. The summed E-state index contributed by atoms with van der Waals surface area (Å²) in [7, 11) is 0. The molecule has 1 fully saturated rings. The van der Waals surface area contributed by atoms with Crippen LogP contribution in [0.2, 0.25) is 0 Å². The lowest BCUT2D eigenvalue weighted by Crippen LogP contribution is -2.26. The molecule has 2 aromatic rings. The Balaban J connectivity index is 0.00000156. The third-order valence-corrected chi connectivity index (χ3v) is 5.52. The summed E-state index contributed by atoms with van der Waals surface area (Å²) >= 11 is 1.77. The lowest BCUT2D eigenvalue weighted by Gasteiger charge is -2.09. The number of rotatable bonds is 8. The summed E-state index contributed by atoms with van der Waals surface area (Å²) in [5.74, 6) is 0.939. The zero-order chi connectivity index (χ0) is 15.9. The predicted octanol–water partition coefficient (Wildman–Crippen LogP) is 3.97. The number of hydrogen-bond donors (Lipinski definition) is 2. The first-order valence-electron chi connectivity index (χ1n) is 8.63. The summed E-state index contributed by atoms with van der Waals surface area (Å²) in [5, 5.41) is 7.59. The molecule has 1 aromatic carbocycles. The molecule has 1 amide bonds. The van der Waals surface area contributed by atoms with E-state index in [9.17, 15) is 4.79 Å². The van der Waals surface area contributed by atoms with Crippen molar-refractivity contribution in [3.8, 4) is 0 Å². The summed E-state index contributed by atoms with van der Waals surface area (Å²) in [6.45, 7) is 3.06. The van der Waals surface area contributed by atoms with Crippen molar-refractivity contribution in [1.82, 2.24) is 15.6 Å². The molecule has 3 rings (SSSR count). The van der Waals surface area contributed by atoms with Gasteiger partial charge in [0.2, 0.25) is 5.91 Å². The van der Waals surface area contributed by atoms with Gasteiger partial charge in [0.25, 0.3) is 0 Å². The molecule has 7 heteroatoms. The Kier molecular flexibility index (Phi) is 10.4. The fourth-order valence-corrected chi connectivity index (χ4v) is 4.06. The van der Waals surface area contributed by atoms with Gasteiger partial charge in [0, 0.05) is 13.0 Å². The minimum atomic E-state index is 0. The summed E-state index contributed by atoms with van der Waals surface area (Å²) in [6.07, 6.45) is 5.92. The fourth-order valence-electron chi connectivity index (χ4n) is 3.05. The van der Waals surface area contributed by atoms with Crippen LogP contribution < -0.4 is 10.6 Å². The second kappa shape index (κ2) is 11.7. The maximum absolute atomic E-state index is 11.8. The molecule has 0 saturated carbocycles. The molecule has 140 valence electrons. The zero-order valence-corrected chi connectivity index (χ0v) is 16.8. The van der Waals surface area contributed by atoms with Gasteiger partial charge in [0.15, 0.2) is 0 Å². The Bertz CT molecular complexity index is 611. The molecule has 0 spiro atoms. The lowest BCUT2D eigenvalue weighted by molar-refractivity contribution is -0.121. The van der Waals surface area contributed by atoms with E-state index in [-0.39, 0.29) is 30.7 Å². The van der Waals surface area contributed by atoms with Crippen LogP contribution in [0, 0.1) is 5.92 Å². The Morgan fingerprint density at radius 3 is 2.88 bits per heavy atom. The highest BCUT2D eigenvalue weighted by Gasteiger charge is 2.14. The molecule has 25 heavy (non-hydrogen) atoms. The van der Waals surface area contributed by atoms with E-state index in [0.717, 1.165) is 56.8 Å². The number of nitrogens with zero attached hydrogens (tertiary/aromatic N) is 1. The molecule has 1 aliphatic rings. The van der Waals surface area contributed by atoms with E-state index in [4.69, 9.17) is 0 Å². The molecule has 1 aromatic heterocycles. The number of thiazole rings is 1. The molecule has 1 saturated heterocycles. The van der Waals surface area contributed by atoms with Crippen molar-refractivity contribution in [3.63, 3.8) is 0 Å². The SMILES string of the molecule is Cl.Cl.O=C(CCCCc1nc2ccccc2s1)NCCC1CCNC1. The van der Waals surface area contributed by atoms with E-state index < -0.39 is 0 Å². The Labute approximate surface area is 166 Å². The average molecular weight is 404 g/mol. The van der Waals surface area contributed by atoms with Crippen LogP contribution in [0.5, 0.6) is 0 Å². The molecule has 0 radical (unpaired) electrons. The second-order valence-electron chi connectivity index (χ2n) is 6.28. The average Bonchev–Trinajstić information content (AvgIpc) is 3.20. The molecule has 2 heterocycles. The van der Waals surface area contributed by atoms with Crippen molar-refractivity contribution in [2.75, 3.05) is 19.6 Å². The molecule has 2 N–H and O–H groups in total. The third-order valence-electron chi connectivity index (χ3n) is 4.42. The van der Waals surface area contributed by atoms with E-state index in [2.05, 4.69) is 33.8 Å². The highest BCUT2D eigenvalue weighted by Crippen LogP contribution is 2.22. The van der Waals surface area contributed by atoms with Gasteiger partial charge in [0.05, 0.1) is 15.2 Å². The number of carbonyl (C=O) groups excluding carboxylic acids is 1. The monoisotopic (exact) mass is 403 g/mol. The number of carbonyl (C=O) groups is 1. The summed E-state index contributed by atoms with van der Waals surface area (Å²) < 4.78 is 1.25. The zero-order valence-electron chi connectivity index (χ0n) is 14.3. The van der Waals surface area contributed by atoms with Crippen molar-refractivity contribution < 1.29 is 4.79 Å². The van der Waals surface area contributed by atoms with Crippen molar-refractivity contribution in [2.24, 2.45) is 5.92 Å². The molecular weight excluding hydrogens is 377 g/mol. The maximum Gasteiger partial charge on any atom is 0.219 e. The fraction of sp³-hybridized carbons (Fsp3) is 0.556. The van der Waals surface area contributed by atoms with Crippen LogP contribution in [-0.4, -0.2) is 30.5 Å². The highest BCUT2D eigenvalue weighted by atomic mass is 35.5. The van der Waals surface area contributed by atoms with Crippen LogP contribution in [0.15, 0.2) is 24.3 Å². The van der Waals surface area contributed by atoms with Crippen LogP contribution in [0.3, 0.4) is 0 Å². The van der Waals surface area contributed by atoms with Crippen LogP contribution in [0.4, 0.5) is 0 Å². The first kappa shape index (κ1) is 22.2. The van der Waals surface area contributed by atoms with Crippen LogP contribution in [0.1, 0.15) is 37.1 Å². The number of benzene rings is 1. The first-order valence-corrected chi connectivity index (χ1v) is 9.45. The number of para-hydroxylation sites is 1. The highest BCUT2D eigenvalue weighted by molar-refractivity contribution is 7.18. The predicted molar refractivity (Wildman–Crippen MR) is 110 cm³/mol. The van der Waals surface area contributed by atoms with Crippen molar-refractivity contribution in [2.45, 2.75) is 38.5 Å². The largest absolute Gasteiger partial charge is 0.356 e. The minimum absolute atomic E-state index is 0. The van der Waals surface area contributed by atoms with E-state index in [1.54, 1.807) is 11.3 Å². The number of unbranched alkanes of at least 4 members (excludes halogenated alkanes) is 1. The maximum atomic E-state index is 11.8. The van der Waals surface area contributed by atoms with Crippen LogP contribution in [-0.2, 0) is 11.2 Å². The van der Waals surface area contributed by atoms with E-state index in [1.807, 2.05) is 6.07 Å². The number of halogens is 2. The van der Waals surface area contributed by atoms with Gasteiger partial charge in [0.1, 0.15) is 0 Å². The topological polar surface area (TPSA) is 54.0 Å². The molecule has 4 nitrogen and oxygen atoms in total. The first-order chi connectivity index (χ1) is 11.3. The quantitative estimate of drug-likeness (QED) is 0.655. The van der Waals surface area contributed by atoms with E-state index in [1.165, 1.54) is 16.1 Å². The Morgan fingerprint density at radius 1 is 1.28 bits per heavy atom. The number of nitrogens with one attached hydrogen (secondary N) is 2. The van der Waals surface area contributed by atoms with Crippen LogP contribution >= 0.6 is 36.2 Å². The van der Waals surface area contributed by atoms with Gasteiger partial charge in [-0.15, -0.1) is 36.2 Å². The van der Waals surface area contributed by atoms with Gasteiger partial charge < -0.3 is 10.6 Å². The summed E-state index contributed by atoms with van der Waals surface area (Å²) in [5.41, 5.74) is 1.09. The molecule has 0 bridgehead atoms. The number of hydrogen-bond acceptors (Lipinski definition) is 4. The minimum Gasteiger partial charge on any atom is -0.356 e. The Hall–Kier alpha value is -0.880. The lowest BCUT2D eigenvalue weighted by atomic mass is 10.1. The van der Waals surface area contributed by atoms with Gasteiger partial charge in [-0.1, -0.05) is 12.1 Å². The van der Waals surface area contributed by atoms with E-state index >= 15 is 0 Å². The molecule has 1 aliphatic heterocycles. The van der Waals surface area contributed by atoms with Crippen molar-refractivity contribution in [1.29, 1.82) is 0 Å². The molecule has 1 atom stereocenters. The van der Waals surface area contributed by atoms with Gasteiger partial charge in [-0.05, 0) is 63.2 Å². The van der Waals surface area contributed by atoms with Gasteiger partial charge in [-0.3, -0.25) is 4.79 Å². The summed E-state index contributed by atoms with van der Waals surface area (Å²) in [4.78, 5) is 16.5.